The number of ether oxygens (including phenoxy) is 3. The Hall–Kier alpha value is -4.45. The van der Waals surface area contributed by atoms with Gasteiger partial charge in [-0.2, -0.15) is 0 Å². The first-order valence-corrected chi connectivity index (χ1v) is 25.7. The van der Waals surface area contributed by atoms with E-state index in [9.17, 15) is 14.4 Å². The monoisotopic (exact) mass is 897 g/mol. The van der Waals surface area contributed by atoms with Crippen molar-refractivity contribution in [2.75, 3.05) is 13.2 Å². The van der Waals surface area contributed by atoms with Gasteiger partial charge in [0.25, 0.3) is 0 Å². The highest BCUT2D eigenvalue weighted by atomic mass is 16.6. The van der Waals surface area contributed by atoms with Crippen LogP contribution in [0.3, 0.4) is 0 Å². The summed E-state index contributed by atoms with van der Waals surface area (Å²) >= 11 is 0. The van der Waals surface area contributed by atoms with Crippen molar-refractivity contribution >= 4 is 17.9 Å². The molecule has 6 heteroatoms. The van der Waals surface area contributed by atoms with E-state index in [1.807, 2.05) is 12.2 Å². The van der Waals surface area contributed by atoms with Crippen LogP contribution in [0.2, 0.25) is 0 Å². The van der Waals surface area contributed by atoms with Crippen LogP contribution >= 0.6 is 0 Å². The van der Waals surface area contributed by atoms with Gasteiger partial charge in [-0.15, -0.1) is 0 Å². The molecule has 0 rings (SSSR count). The topological polar surface area (TPSA) is 78.9 Å². The Bertz CT molecular complexity index is 1450. The molecule has 0 aliphatic rings. The summed E-state index contributed by atoms with van der Waals surface area (Å²) < 4.78 is 16.5. The minimum absolute atomic E-state index is 0.115. The molecule has 0 saturated heterocycles. The zero-order valence-corrected chi connectivity index (χ0v) is 41.4. The van der Waals surface area contributed by atoms with Crippen molar-refractivity contribution in [3.63, 3.8) is 0 Å². The van der Waals surface area contributed by atoms with Crippen LogP contribution in [0.15, 0.2) is 134 Å². The Balaban J connectivity index is 4.19. The number of rotatable bonds is 44. The smallest absolute Gasteiger partial charge is 0.306 e. The van der Waals surface area contributed by atoms with Crippen molar-refractivity contribution in [1.29, 1.82) is 0 Å². The minimum atomic E-state index is -0.820. The van der Waals surface area contributed by atoms with E-state index in [-0.39, 0.29) is 31.6 Å². The van der Waals surface area contributed by atoms with Crippen LogP contribution in [0.5, 0.6) is 0 Å². The number of allylic oxidation sites excluding steroid dienone is 22. The SMILES string of the molecule is CC/C=C\C/C=C\C/C=C\C/C=C\C/C=C\C/C=C\C/C=C\CCCCCCCCCC(=O)OCC(COC(=O)CCCCCCC)OC(=O)CC/C=C\C/C=C\C/C=C\C/C=C\CC. The summed E-state index contributed by atoms with van der Waals surface area (Å²) in [6.45, 7) is 6.22. The van der Waals surface area contributed by atoms with Crippen molar-refractivity contribution in [3.8, 4) is 0 Å². The maximum absolute atomic E-state index is 12.7. The third-order valence-electron chi connectivity index (χ3n) is 10.2. The van der Waals surface area contributed by atoms with Gasteiger partial charge in [0.05, 0.1) is 0 Å². The molecule has 0 aliphatic heterocycles. The van der Waals surface area contributed by atoms with Crippen molar-refractivity contribution < 1.29 is 28.6 Å². The van der Waals surface area contributed by atoms with Gasteiger partial charge in [0.1, 0.15) is 13.2 Å². The summed E-state index contributed by atoms with van der Waals surface area (Å²) in [4.78, 5) is 37.6. The highest BCUT2D eigenvalue weighted by molar-refractivity contribution is 5.71. The summed E-state index contributed by atoms with van der Waals surface area (Å²) in [6, 6.07) is 0. The van der Waals surface area contributed by atoms with Gasteiger partial charge in [0.15, 0.2) is 6.10 Å². The lowest BCUT2D eigenvalue weighted by molar-refractivity contribution is -0.166. The molecule has 0 spiro atoms. The molecule has 6 nitrogen and oxygen atoms in total. The van der Waals surface area contributed by atoms with E-state index in [1.54, 1.807) is 0 Å². The van der Waals surface area contributed by atoms with Crippen LogP contribution in [0.4, 0.5) is 0 Å². The molecule has 0 bridgehead atoms. The molecule has 0 N–H and O–H groups in total. The van der Waals surface area contributed by atoms with Gasteiger partial charge in [-0.3, -0.25) is 14.4 Å². The molecule has 0 aliphatic carbocycles. The van der Waals surface area contributed by atoms with Crippen molar-refractivity contribution in [1.82, 2.24) is 0 Å². The van der Waals surface area contributed by atoms with E-state index in [1.165, 1.54) is 25.7 Å². The molecular weight excluding hydrogens is 805 g/mol. The molecule has 0 saturated carbocycles. The zero-order chi connectivity index (χ0) is 47.2. The highest BCUT2D eigenvalue weighted by Gasteiger charge is 2.19. The molecule has 0 aromatic rings. The van der Waals surface area contributed by atoms with Crippen LogP contribution in [0.1, 0.15) is 201 Å². The van der Waals surface area contributed by atoms with E-state index in [4.69, 9.17) is 14.2 Å². The number of unbranched alkanes of at least 4 members (excludes halogenated alkanes) is 11. The standard InChI is InChI=1S/C59H92O6/c1-4-7-10-13-15-17-19-21-22-23-24-25-26-27-28-29-30-31-32-33-34-35-36-38-39-41-43-46-49-52-58(61)64-55-56(54-63-57(60)51-48-45-12-9-6-3)65-59(62)53-50-47-44-42-40-37-20-18-16-14-11-8-5-2/h7-8,10-11,15-18,21-22,24-25,27-28,30-31,33-34,37,40,44,47,56H,4-6,9,12-14,19-20,23,26,29,32,35-36,38-39,41-43,45-46,48-55H2,1-3H3/b10-7-,11-8-,17-15-,18-16-,22-21-,25-24-,28-27-,31-30-,34-33-,40-37-,47-44-. The lowest BCUT2D eigenvalue weighted by atomic mass is 10.1. The van der Waals surface area contributed by atoms with E-state index in [2.05, 4.69) is 142 Å². The number of esters is 3. The normalized spacial score (nSPS) is 13.2. The van der Waals surface area contributed by atoms with Crippen LogP contribution in [-0.4, -0.2) is 37.2 Å². The molecule has 364 valence electrons. The Morgan fingerprint density at radius 2 is 0.631 bits per heavy atom. The largest absolute Gasteiger partial charge is 0.462 e. The van der Waals surface area contributed by atoms with Gasteiger partial charge in [-0.25, -0.2) is 0 Å². The van der Waals surface area contributed by atoms with Gasteiger partial charge >= 0.3 is 17.9 Å². The molecule has 0 amide bonds. The van der Waals surface area contributed by atoms with Crippen LogP contribution in [-0.2, 0) is 28.6 Å². The van der Waals surface area contributed by atoms with Gasteiger partial charge < -0.3 is 14.2 Å². The predicted octanol–water partition coefficient (Wildman–Crippen LogP) is 17.1. The maximum atomic E-state index is 12.7. The number of hydrogen-bond acceptors (Lipinski definition) is 6. The predicted molar refractivity (Wildman–Crippen MR) is 279 cm³/mol. The molecular formula is C59H92O6. The minimum Gasteiger partial charge on any atom is -0.462 e. The second kappa shape index (κ2) is 52.2. The van der Waals surface area contributed by atoms with Crippen LogP contribution in [0.25, 0.3) is 0 Å². The fraction of sp³-hybridized carbons (Fsp3) is 0.576. The second-order valence-electron chi connectivity index (χ2n) is 16.3. The van der Waals surface area contributed by atoms with Crippen LogP contribution < -0.4 is 0 Å². The first-order valence-electron chi connectivity index (χ1n) is 25.7. The first-order chi connectivity index (χ1) is 32.0. The van der Waals surface area contributed by atoms with Crippen LogP contribution in [0, 0.1) is 0 Å². The second-order valence-corrected chi connectivity index (χ2v) is 16.3. The first kappa shape index (κ1) is 60.5. The number of carbonyl (C=O) groups is 3. The van der Waals surface area contributed by atoms with Gasteiger partial charge in [-0.1, -0.05) is 212 Å². The van der Waals surface area contributed by atoms with Gasteiger partial charge in [0, 0.05) is 19.3 Å². The van der Waals surface area contributed by atoms with Crippen molar-refractivity contribution in [3.05, 3.63) is 134 Å². The Morgan fingerprint density at radius 3 is 1.00 bits per heavy atom. The van der Waals surface area contributed by atoms with E-state index >= 15 is 0 Å². The number of hydrogen-bond donors (Lipinski definition) is 0. The third-order valence-corrected chi connectivity index (χ3v) is 10.2. The lowest BCUT2D eigenvalue weighted by Crippen LogP contribution is -2.30. The Labute approximate surface area is 398 Å². The fourth-order valence-electron chi connectivity index (χ4n) is 6.37. The van der Waals surface area contributed by atoms with Gasteiger partial charge in [-0.05, 0) is 103 Å². The Kier molecular flexibility index (Phi) is 48.6. The zero-order valence-electron chi connectivity index (χ0n) is 41.4. The highest BCUT2D eigenvalue weighted by Crippen LogP contribution is 2.12. The summed E-state index contributed by atoms with van der Waals surface area (Å²) in [5.41, 5.74) is 0. The van der Waals surface area contributed by atoms with Crippen molar-refractivity contribution in [2.24, 2.45) is 0 Å². The molecule has 0 aromatic heterocycles. The fourth-order valence-corrected chi connectivity index (χ4v) is 6.37. The average molecular weight is 897 g/mol. The van der Waals surface area contributed by atoms with Crippen molar-refractivity contribution in [2.45, 2.75) is 207 Å². The van der Waals surface area contributed by atoms with Gasteiger partial charge in [0.2, 0.25) is 0 Å². The average Bonchev–Trinajstić information content (AvgIpc) is 3.30. The molecule has 0 radical (unpaired) electrons. The van der Waals surface area contributed by atoms with E-state index < -0.39 is 12.1 Å². The number of carbonyl (C=O) groups excluding carboxylic acids is 3. The molecule has 1 atom stereocenters. The molecule has 1 unspecified atom stereocenters. The molecule has 0 fully saturated rings. The Morgan fingerprint density at radius 1 is 0.323 bits per heavy atom. The summed E-state index contributed by atoms with van der Waals surface area (Å²) in [5.74, 6) is -1.04. The molecule has 0 heterocycles. The lowest BCUT2D eigenvalue weighted by Gasteiger charge is -2.18. The maximum Gasteiger partial charge on any atom is 0.306 e. The van der Waals surface area contributed by atoms with E-state index in [0.717, 1.165) is 128 Å². The molecule has 0 aromatic carbocycles. The quantitative estimate of drug-likeness (QED) is 0.0262. The summed E-state index contributed by atoms with van der Waals surface area (Å²) in [5, 5.41) is 0. The summed E-state index contributed by atoms with van der Waals surface area (Å²) in [6.07, 6.45) is 73.6. The summed E-state index contributed by atoms with van der Waals surface area (Å²) in [7, 11) is 0. The third kappa shape index (κ3) is 50.4. The molecule has 65 heavy (non-hydrogen) atoms. The van der Waals surface area contributed by atoms with E-state index in [0.29, 0.717) is 19.3 Å².